The molecule has 0 atom stereocenters. The Morgan fingerprint density at radius 2 is 1.89 bits per heavy atom. The quantitative estimate of drug-likeness (QED) is 0.758. The van der Waals surface area contributed by atoms with Gasteiger partial charge in [0.2, 0.25) is 0 Å². The summed E-state index contributed by atoms with van der Waals surface area (Å²) in [6.07, 6.45) is 1.53. The molecular formula is C14H21NO3. The van der Waals surface area contributed by atoms with E-state index in [4.69, 9.17) is 9.47 Å². The number of amides is 1. The van der Waals surface area contributed by atoms with Crippen molar-refractivity contribution in [1.82, 2.24) is 5.32 Å². The van der Waals surface area contributed by atoms with Crippen molar-refractivity contribution in [1.29, 1.82) is 0 Å². The predicted octanol–water partition coefficient (Wildman–Crippen LogP) is 2.76. The monoisotopic (exact) mass is 251 g/mol. The molecule has 0 fully saturated rings. The van der Waals surface area contributed by atoms with E-state index >= 15 is 0 Å². The molecule has 0 unspecified atom stereocenters. The van der Waals surface area contributed by atoms with E-state index in [0.29, 0.717) is 13.2 Å². The number of alkyl carbamates (subject to hydrolysis) is 1. The molecule has 0 spiro atoms. The minimum absolute atomic E-state index is 0.255. The van der Waals surface area contributed by atoms with E-state index in [1.54, 1.807) is 0 Å². The van der Waals surface area contributed by atoms with Gasteiger partial charge in [-0.15, -0.1) is 0 Å². The molecule has 0 heterocycles. The Morgan fingerprint density at radius 1 is 1.17 bits per heavy atom. The Kier molecular flexibility index (Phi) is 6.69. The number of benzene rings is 1. The van der Waals surface area contributed by atoms with E-state index in [1.807, 2.05) is 31.2 Å². The lowest BCUT2D eigenvalue weighted by Crippen LogP contribution is -2.26. The third-order valence-electron chi connectivity index (χ3n) is 2.44. The van der Waals surface area contributed by atoms with Gasteiger partial charge in [0.1, 0.15) is 19.0 Å². The van der Waals surface area contributed by atoms with Gasteiger partial charge in [-0.05, 0) is 30.5 Å². The average Bonchev–Trinajstić information content (AvgIpc) is 2.42. The number of carbonyl (C=O) groups excluding carboxylic acids is 1. The zero-order chi connectivity index (χ0) is 13.2. The van der Waals surface area contributed by atoms with Crippen LogP contribution in [0.2, 0.25) is 0 Å². The van der Waals surface area contributed by atoms with Crippen LogP contribution in [0.3, 0.4) is 0 Å². The largest absolute Gasteiger partial charge is 0.490 e. The van der Waals surface area contributed by atoms with Crippen LogP contribution < -0.4 is 10.1 Å². The fourth-order valence-corrected chi connectivity index (χ4v) is 1.39. The summed E-state index contributed by atoms with van der Waals surface area (Å²) >= 11 is 0. The zero-order valence-electron chi connectivity index (χ0n) is 11.1. The van der Waals surface area contributed by atoms with Crippen molar-refractivity contribution >= 4 is 6.09 Å². The maximum atomic E-state index is 11.1. The van der Waals surface area contributed by atoms with Crippen molar-refractivity contribution in [3.05, 3.63) is 29.8 Å². The SMILES string of the molecule is CCCNC(=O)OCCOc1ccc(CC)cc1. The molecule has 1 aromatic carbocycles. The molecule has 0 aromatic heterocycles. The number of hydrogen-bond acceptors (Lipinski definition) is 3. The fraction of sp³-hybridized carbons (Fsp3) is 0.500. The summed E-state index contributed by atoms with van der Waals surface area (Å²) in [4.78, 5) is 11.1. The van der Waals surface area contributed by atoms with Gasteiger partial charge in [-0.3, -0.25) is 0 Å². The lowest BCUT2D eigenvalue weighted by molar-refractivity contribution is 0.125. The zero-order valence-corrected chi connectivity index (χ0v) is 11.1. The molecule has 1 aromatic rings. The smallest absolute Gasteiger partial charge is 0.407 e. The van der Waals surface area contributed by atoms with Crippen molar-refractivity contribution in [2.24, 2.45) is 0 Å². The normalized spacial score (nSPS) is 9.89. The van der Waals surface area contributed by atoms with Crippen LogP contribution >= 0.6 is 0 Å². The van der Waals surface area contributed by atoms with Crippen LogP contribution in [0.15, 0.2) is 24.3 Å². The van der Waals surface area contributed by atoms with Crippen LogP contribution in [-0.4, -0.2) is 25.9 Å². The highest BCUT2D eigenvalue weighted by molar-refractivity contribution is 5.66. The summed E-state index contributed by atoms with van der Waals surface area (Å²) in [7, 11) is 0. The first-order valence-electron chi connectivity index (χ1n) is 6.38. The van der Waals surface area contributed by atoms with Gasteiger partial charge in [-0.1, -0.05) is 26.0 Å². The van der Waals surface area contributed by atoms with Crippen LogP contribution in [0.4, 0.5) is 4.79 Å². The van der Waals surface area contributed by atoms with E-state index in [1.165, 1.54) is 5.56 Å². The van der Waals surface area contributed by atoms with Gasteiger partial charge in [0.15, 0.2) is 0 Å². The van der Waals surface area contributed by atoms with Gasteiger partial charge in [-0.2, -0.15) is 0 Å². The first kappa shape index (κ1) is 14.4. The van der Waals surface area contributed by atoms with Crippen molar-refractivity contribution in [3.8, 4) is 5.75 Å². The molecule has 100 valence electrons. The second kappa shape index (κ2) is 8.39. The predicted molar refractivity (Wildman–Crippen MR) is 71.0 cm³/mol. The number of nitrogens with one attached hydrogen (secondary N) is 1. The van der Waals surface area contributed by atoms with E-state index in [9.17, 15) is 4.79 Å². The van der Waals surface area contributed by atoms with Crippen molar-refractivity contribution < 1.29 is 14.3 Å². The summed E-state index contributed by atoms with van der Waals surface area (Å²) < 4.78 is 10.4. The van der Waals surface area contributed by atoms with Gasteiger partial charge >= 0.3 is 6.09 Å². The Labute approximate surface area is 108 Å². The lowest BCUT2D eigenvalue weighted by atomic mass is 10.2. The summed E-state index contributed by atoms with van der Waals surface area (Å²) in [5.74, 6) is 0.796. The molecule has 0 bridgehead atoms. The van der Waals surface area contributed by atoms with Gasteiger partial charge in [-0.25, -0.2) is 4.79 Å². The van der Waals surface area contributed by atoms with E-state index in [2.05, 4.69) is 12.2 Å². The van der Waals surface area contributed by atoms with Crippen LogP contribution in [-0.2, 0) is 11.2 Å². The van der Waals surface area contributed by atoms with Crippen LogP contribution in [0.25, 0.3) is 0 Å². The number of carbonyl (C=O) groups is 1. The fourth-order valence-electron chi connectivity index (χ4n) is 1.39. The van der Waals surface area contributed by atoms with Gasteiger partial charge in [0.05, 0.1) is 0 Å². The second-order valence-corrected chi connectivity index (χ2v) is 3.91. The standard InChI is InChI=1S/C14H21NO3/c1-3-9-15-14(16)18-11-10-17-13-7-5-12(4-2)6-8-13/h5-8H,3-4,9-11H2,1-2H3,(H,15,16). The molecule has 4 heteroatoms. The molecule has 4 nitrogen and oxygen atoms in total. The van der Waals surface area contributed by atoms with E-state index in [-0.39, 0.29) is 12.7 Å². The summed E-state index contributed by atoms with van der Waals surface area (Å²) in [6, 6.07) is 7.92. The summed E-state index contributed by atoms with van der Waals surface area (Å²) in [5.41, 5.74) is 1.28. The Hall–Kier alpha value is -1.71. The van der Waals surface area contributed by atoms with Gasteiger partial charge in [0, 0.05) is 6.54 Å². The number of ether oxygens (including phenoxy) is 2. The van der Waals surface area contributed by atoms with E-state index < -0.39 is 0 Å². The molecule has 1 rings (SSSR count). The van der Waals surface area contributed by atoms with Crippen molar-refractivity contribution in [3.63, 3.8) is 0 Å². The minimum atomic E-state index is -0.387. The summed E-state index contributed by atoms with van der Waals surface area (Å²) in [6.45, 7) is 5.36. The number of rotatable bonds is 7. The third-order valence-corrected chi connectivity index (χ3v) is 2.44. The molecule has 0 aliphatic carbocycles. The highest BCUT2D eigenvalue weighted by Gasteiger charge is 2.00. The molecule has 0 saturated carbocycles. The Morgan fingerprint density at radius 3 is 2.50 bits per heavy atom. The maximum Gasteiger partial charge on any atom is 0.407 e. The molecular weight excluding hydrogens is 230 g/mol. The third kappa shape index (κ3) is 5.57. The molecule has 18 heavy (non-hydrogen) atoms. The molecule has 1 N–H and O–H groups in total. The topological polar surface area (TPSA) is 47.6 Å². The molecule has 1 amide bonds. The Balaban J connectivity index is 2.15. The van der Waals surface area contributed by atoms with Gasteiger partial charge < -0.3 is 14.8 Å². The van der Waals surface area contributed by atoms with Crippen molar-refractivity contribution in [2.75, 3.05) is 19.8 Å². The van der Waals surface area contributed by atoms with Gasteiger partial charge in [0.25, 0.3) is 0 Å². The first-order valence-corrected chi connectivity index (χ1v) is 6.38. The lowest BCUT2D eigenvalue weighted by Gasteiger charge is -2.08. The number of aryl methyl sites for hydroxylation is 1. The maximum absolute atomic E-state index is 11.1. The highest BCUT2D eigenvalue weighted by Crippen LogP contribution is 2.12. The summed E-state index contributed by atoms with van der Waals surface area (Å²) in [5, 5.41) is 2.63. The average molecular weight is 251 g/mol. The minimum Gasteiger partial charge on any atom is -0.490 e. The van der Waals surface area contributed by atoms with Crippen LogP contribution in [0.1, 0.15) is 25.8 Å². The van der Waals surface area contributed by atoms with Crippen LogP contribution in [0.5, 0.6) is 5.75 Å². The second-order valence-electron chi connectivity index (χ2n) is 3.91. The van der Waals surface area contributed by atoms with E-state index in [0.717, 1.165) is 18.6 Å². The first-order chi connectivity index (χ1) is 8.76. The molecule has 0 aliphatic rings. The molecule has 0 aliphatic heterocycles. The highest BCUT2D eigenvalue weighted by atomic mass is 16.6. The molecule has 0 radical (unpaired) electrons. The van der Waals surface area contributed by atoms with Crippen LogP contribution in [0, 0.1) is 0 Å². The Bertz CT molecular complexity index is 349. The van der Waals surface area contributed by atoms with Crippen molar-refractivity contribution in [2.45, 2.75) is 26.7 Å². The number of hydrogen-bond donors (Lipinski definition) is 1. The molecule has 0 saturated heterocycles.